The quantitative estimate of drug-likeness (QED) is 0.822. The fraction of sp³-hybridized carbons (Fsp3) is 0.450. The van der Waals surface area contributed by atoms with Gasteiger partial charge in [0, 0.05) is 31.1 Å². The second-order valence-corrected chi connectivity index (χ2v) is 9.19. The molecule has 1 aliphatic rings. The lowest BCUT2D eigenvalue weighted by molar-refractivity contribution is -0.126. The summed E-state index contributed by atoms with van der Waals surface area (Å²) in [5, 5.41) is 2.89. The van der Waals surface area contributed by atoms with Crippen LogP contribution in [0.2, 0.25) is 0 Å². The van der Waals surface area contributed by atoms with Crippen LogP contribution in [0.3, 0.4) is 0 Å². The lowest BCUT2D eigenvalue weighted by Crippen LogP contribution is -2.42. The van der Waals surface area contributed by atoms with Crippen LogP contribution in [0.4, 0.5) is 0 Å². The van der Waals surface area contributed by atoms with E-state index < -0.39 is 10.0 Å². The van der Waals surface area contributed by atoms with Crippen LogP contribution in [0.15, 0.2) is 52.2 Å². The fourth-order valence-corrected chi connectivity index (χ4v) is 4.73. The summed E-state index contributed by atoms with van der Waals surface area (Å²) in [6.45, 7) is 5.30. The van der Waals surface area contributed by atoms with E-state index in [2.05, 4.69) is 19.2 Å². The summed E-state index contributed by atoms with van der Waals surface area (Å²) in [6, 6.07) is 8.89. The Bertz CT molecular complexity index is 850. The predicted octanol–water partition coefficient (Wildman–Crippen LogP) is 3.12. The van der Waals surface area contributed by atoms with Crippen LogP contribution in [0, 0.1) is 5.92 Å². The second-order valence-electron chi connectivity index (χ2n) is 7.25. The van der Waals surface area contributed by atoms with Gasteiger partial charge >= 0.3 is 0 Å². The number of piperidine rings is 1. The summed E-state index contributed by atoms with van der Waals surface area (Å²) in [7, 11) is -3.51. The van der Waals surface area contributed by atoms with Gasteiger partial charge in [-0.05, 0) is 42.5 Å². The zero-order valence-corrected chi connectivity index (χ0v) is 16.5. The van der Waals surface area contributed by atoms with Crippen molar-refractivity contribution in [1.29, 1.82) is 0 Å². The molecule has 146 valence electrons. The fourth-order valence-electron chi connectivity index (χ4n) is 3.26. The molecule has 0 saturated carbocycles. The molecule has 1 saturated heterocycles. The normalized spacial score (nSPS) is 16.6. The number of nitrogens with zero attached hydrogens (tertiary/aromatic N) is 1. The lowest BCUT2D eigenvalue weighted by atomic mass is 9.97. The molecule has 0 unspecified atom stereocenters. The van der Waals surface area contributed by atoms with Gasteiger partial charge in [-0.1, -0.05) is 26.0 Å². The number of hydrogen-bond donors (Lipinski definition) is 1. The lowest BCUT2D eigenvalue weighted by Gasteiger charge is -2.30. The van der Waals surface area contributed by atoms with Gasteiger partial charge in [-0.25, -0.2) is 8.42 Å². The first kappa shape index (κ1) is 19.6. The molecule has 2 aromatic rings. The van der Waals surface area contributed by atoms with Crippen LogP contribution in [-0.4, -0.2) is 31.7 Å². The predicted molar refractivity (Wildman–Crippen MR) is 103 cm³/mol. The van der Waals surface area contributed by atoms with Crippen LogP contribution in [0.1, 0.15) is 43.7 Å². The minimum Gasteiger partial charge on any atom is -0.472 e. The minimum atomic E-state index is -3.51. The van der Waals surface area contributed by atoms with Crippen molar-refractivity contribution >= 4 is 15.9 Å². The highest BCUT2D eigenvalue weighted by atomic mass is 32.2. The largest absolute Gasteiger partial charge is 0.472 e. The minimum absolute atomic E-state index is 0.0328. The van der Waals surface area contributed by atoms with Gasteiger partial charge in [0.25, 0.3) is 0 Å². The summed E-state index contributed by atoms with van der Waals surface area (Å²) in [5.41, 5.74) is 2.02. The van der Waals surface area contributed by atoms with Crippen molar-refractivity contribution in [3.05, 3.63) is 54.0 Å². The maximum atomic E-state index is 12.8. The number of carbonyl (C=O) groups is 1. The van der Waals surface area contributed by atoms with Crippen molar-refractivity contribution in [1.82, 2.24) is 9.62 Å². The van der Waals surface area contributed by atoms with Gasteiger partial charge in [0.05, 0.1) is 17.4 Å². The first-order valence-electron chi connectivity index (χ1n) is 9.27. The molecule has 1 amide bonds. The van der Waals surface area contributed by atoms with Crippen LogP contribution in [0.5, 0.6) is 0 Å². The second kappa shape index (κ2) is 8.27. The summed E-state index contributed by atoms with van der Waals surface area (Å²) >= 11 is 0. The van der Waals surface area contributed by atoms with Crippen LogP contribution < -0.4 is 5.32 Å². The van der Waals surface area contributed by atoms with Crippen LogP contribution in [0.25, 0.3) is 0 Å². The van der Waals surface area contributed by atoms with E-state index in [1.165, 1.54) is 4.31 Å². The molecule has 1 aromatic carbocycles. The summed E-state index contributed by atoms with van der Waals surface area (Å²) in [5.74, 6) is 0.166. The molecule has 0 spiro atoms. The standard InChI is InChI=1S/C20H26N2O4S/c1-15(2)17-3-5-19(6-4-17)27(24,25)22-10-7-18(8-11-22)20(23)21-13-16-9-12-26-14-16/h3-6,9,12,14-15,18H,7-8,10-11,13H2,1-2H3,(H,21,23). The third-order valence-electron chi connectivity index (χ3n) is 5.06. The van der Waals surface area contributed by atoms with E-state index in [-0.39, 0.29) is 11.8 Å². The monoisotopic (exact) mass is 390 g/mol. The number of rotatable bonds is 6. The number of sulfonamides is 1. The van der Waals surface area contributed by atoms with Crippen LogP contribution in [-0.2, 0) is 21.4 Å². The summed E-state index contributed by atoms with van der Waals surface area (Å²) < 4.78 is 32.1. The highest BCUT2D eigenvalue weighted by Crippen LogP contribution is 2.25. The van der Waals surface area contributed by atoms with Gasteiger partial charge < -0.3 is 9.73 Å². The number of furan rings is 1. The Hall–Kier alpha value is -2.12. The highest BCUT2D eigenvalue weighted by molar-refractivity contribution is 7.89. The average molecular weight is 391 g/mol. The Kier molecular flexibility index (Phi) is 6.01. The zero-order valence-electron chi connectivity index (χ0n) is 15.7. The molecule has 1 fully saturated rings. The molecule has 2 heterocycles. The highest BCUT2D eigenvalue weighted by Gasteiger charge is 2.32. The van der Waals surface area contributed by atoms with E-state index in [1.807, 2.05) is 12.1 Å². The third-order valence-corrected chi connectivity index (χ3v) is 6.97. The molecule has 7 heteroatoms. The molecule has 0 aliphatic carbocycles. The van der Waals surface area contributed by atoms with E-state index in [9.17, 15) is 13.2 Å². The number of carbonyl (C=O) groups excluding carboxylic acids is 1. The summed E-state index contributed by atoms with van der Waals surface area (Å²) in [6.07, 6.45) is 4.22. The van der Waals surface area contributed by atoms with E-state index in [4.69, 9.17) is 4.42 Å². The topological polar surface area (TPSA) is 79.6 Å². The Balaban J connectivity index is 1.56. The molecule has 6 nitrogen and oxygen atoms in total. The van der Waals surface area contributed by atoms with Crippen molar-refractivity contribution in [2.24, 2.45) is 5.92 Å². The molecule has 0 atom stereocenters. The van der Waals surface area contributed by atoms with E-state index >= 15 is 0 Å². The van der Waals surface area contributed by atoms with Gasteiger partial charge in [-0.15, -0.1) is 0 Å². The Labute approximate surface area is 160 Å². The van der Waals surface area contributed by atoms with Crippen molar-refractivity contribution in [3.8, 4) is 0 Å². The molecule has 1 aliphatic heterocycles. The molecule has 1 aromatic heterocycles. The number of amides is 1. The molecule has 27 heavy (non-hydrogen) atoms. The first-order chi connectivity index (χ1) is 12.9. The molecule has 0 bridgehead atoms. The summed E-state index contributed by atoms with van der Waals surface area (Å²) in [4.78, 5) is 12.6. The van der Waals surface area contributed by atoms with E-state index in [1.54, 1.807) is 30.7 Å². The maximum Gasteiger partial charge on any atom is 0.243 e. The maximum absolute atomic E-state index is 12.8. The number of nitrogens with one attached hydrogen (secondary N) is 1. The SMILES string of the molecule is CC(C)c1ccc(S(=O)(=O)N2CCC(C(=O)NCc3ccoc3)CC2)cc1. The van der Waals surface area contributed by atoms with Crippen molar-refractivity contribution in [3.63, 3.8) is 0 Å². The van der Waals surface area contributed by atoms with Gasteiger partial charge in [0.1, 0.15) is 0 Å². The first-order valence-corrected chi connectivity index (χ1v) is 10.7. The van der Waals surface area contributed by atoms with Gasteiger partial charge in [0.2, 0.25) is 15.9 Å². The Morgan fingerprint density at radius 1 is 1.19 bits per heavy atom. The number of benzene rings is 1. The van der Waals surface area contributed by atoms with E-state index in [0.717, 1.165) is 11.1 Å². The number of hydrogen-bond acceptors (Lipinski definition) is 4. The smallest absolute Gasteiger partial charge is 0.243 e. The van der Waals surface area contributed by atoms with Crippen molar-refractivity contribution in [2.45, 2.75) is 44.0 Å². The molecule has 0 radical (unpaired) electrons. The zero-order chi connectivity index (χ0) is 19.4. The Morgan fingerprint density at radius 3 is 2.41 bits per heavy atom. The van der Waals surface area contributed by atoms with Gasteiger partial charge in [-0.2, -0.15) is 4.31 Å². The Morgan fingerprint density at radius 2 is 1.85 bits per heavy atom. The average Bonchev–Trinajstić information content (AvgIpc) is 3.20. The molecular formula is C20H26N2O4S. The van der Waals surface area contributed by atoms with Gasteiger partial charge in [-0.3, -0.25) is 4.79 Å². The van der Waals surface area contributed by atoms with Gasteiger partial charge in [0.15, 0.2) is 0 Å². The van der Waals surface area contributed by atoms with Crippen molar-refractivity contribution in [2.75, 3.05) is 13.1 Å². The van der Waals surface area contributed by atoms with Crippen LogP contribution >= 0.6 is 0 Å². The van der Waals surface area contributed by atoms with Crippen molar-refractivity contribution < 1.29 is 17.6 Å². The molecular weight excluding hydrogens is 364 g/mol. The molecule has 1 N–H and O–H groups in total. The third kappa shape index (κ3) is 4.59. The van der Waals surface area contributed by atoms with E-state index in [0.29, 0.717) is 43.3 Å². The molecule has 3 rings (SSSR count).